The molecule has 1 aromatic heterocycles. The maximum Gasteiger partial charge on any atom is 0.322 e. The highest BCUT2D eigenvalue weighted by atomic mass is 32.2. The highest BCUT2D eigenvalue weighted by molar-refractivity contribution is 7.98. The molecule has 178 valence electrons. The first-order valence-corrected chi connectivity index (χ1v) is 12.6. The lowest BCUT2D eigenvalue weighted by Crippen LogP contribution is -2.47. The summed E-state index contributed by atoms with van der Waals surface area (Å²) in [6.07, 6.45) is 2.04. The number of nitrogens with zero attached hydrogens (tertiary/aromatic N) is 3. The molecule has 34 heavy (non-hydrogen) atoms. The first-order chi connectivity index (χ1) is 16.4. The predicted molar refractivity (Wildman–Crippen MR) is 135 cm³/mol. The molecule has 2 aromatic carbocycles. The van der Waals surface area contributed by atoms with Gasteiger partial charge in [-0.3, -0.25) is 4.90 Å². The maximum absolute atomic E-state index is 13.0. The molecule has 0 aliphatic carbocycles. The average molecular weight is 479 g/mol. The van der Waals surface area contributed by atoms with E-state index in [1.54, 1.807) is 16.7 Å². The number of hydrogen-bond acceptors (Lipinski definition) is 6. The number of amides is 2. The molecule has 7 nitrogen and oxygen atoms in total. The van der Waals surface area contributed by atoms with Crippen molar-refractivity contribution in [3.63, 3.8) is 0 Å². The van der Waals surface area contributed by atoms with Gasteiger partial charge >= 0.3 is 6.03 Å². The summed E-state index contributed by atoms with van der Waals surface area (Å²) in [5.41, 5.74) is 3.42. The second-order valence-corrected chi connectivity index (χ2v) is 9.42. The lowest BCUT2D eigenvalue weighted by atomic mass is 9.94. The van der Waals surface area contributed by atoms with Gasteiger partial charge in [-0.2, -0.15) is 4.98 Å². The van der Waals surface area contributed by atoms with Gasteiger partial charge in [0.2, 0.25) is 5.82 Å². The fraction of sp³-hybridized carbons (Fsp3) is 0.346. The Morgan fingerprint density at radius 1 is 1.15 bits per heavy atom. The van der Waals surface area contributed by atoms with Crippen LogP contribution in [0.3, 0.4) is 0 Å². The van der Waals surface area contributed by atoms with Gasteiger partial charge in [0, 0.05) is 22.7 Å². The van der Waals surface area contributed by atoms with Gasteiger partial charge in [-0.15, -0.1) is 11.8 Å². The van der Waals surface area contributed by atoms with Gasteiger partial charge < -0.3 is 14.6 Å². The van der Waals surface area contributed by atoms with Crippen LogP contribution in [0.1, 0.15) is 45.2 Å². The van der Waals surface area contributed by atoms with E-state index in [9.17, 15) is 4.79 Å². The zero-order valence-electron chi connectivity index (χ0n) is 20.2. The summed E-state index contributed by atoms with van der Waals surface area (Å²) in [5, 5.41) is 7.39. The number of rotatable bonds is 8. The van der Waals surface area contributed by atoms with Gasteiger partial charge in [0.25, 0.3) is 5.89 Å². The van der Waals surface area contributed by atoms with Gasteiger partial charge in [0.1, 0.15) is 5.75 Å². The number of ether oxygens (including phenoxy) is 1. The van der Waals surface area contributed by atoms with E-state index >= 15 is 0 Å². The van der Waals surface area contributed by atoms with Crippen molar-refractivity contribution in [2.24, 2.45) is 5.92 Å². The van der Waals surface area contributed by atoms with Crippen molar-refractivity contribution < 1.29 is 14.1 Å². The number of thioether (sulfide) groups is 1. The zero-order valence-corrected chi connectivity index (χ0v) is 21.0. The number of hydrogen-bond donors (Lipinski definition) is 1. The summed E-state index contributed by atoms with van der Waals surface area (Å²) < 4.78 is 11.3. The molecule has 4 rings (SSSR count). The highest BCUT2D eigenvalue weighted by Gasteiger charge is 2.35. The van der Waals surface area contributed by atoms with Crippen molar-refractivity contribution in [1.82, 2.24) is 20.4 Å². The minimum Gasteiger partial charge on any atom is -0.494 e. The minimum atomic E-state index is -0.388. The van der Waals surface area contributed by atoms with E-state index in [1.807, 2.05) is 56.5 Å². The van der Waals surface area contributed by atoms with Crippen LogP contribution in [0.4, 0.5) is 4.79 Å². The molecule has 1 aliphatic heterocycles. The summed E-state index contributed by atoms with van der Waals surface area (Å²) in [6.45, 7) is 9.27. The van der Waals surface area contributed by atoms with E-state index < -0.39 is 0 Å². The normalized spacial score (nSPS) is 16.2. The Hall–Kier alpha value is -3.26. The summed E-state index contributed by atoms with van der Waals surface area (Å²) in [6, 6.07) is 15.3. The fourth-order valence-corrected chi connectivity index (χ4v) is 4.42. The van der Waals surface area contributed by atoms with Crippen LogP contribution in [0.5, 0.6) is 5.75 Å². The molecule has 0 saturated heterocycles. The molecular weight excluding hydrogens is 448 g/mol. The van der Waals surface area contributed by atoms with Crippen LogP contribution in [-0.2, 0) is 0 Å². The van der Waals surface area contributed by atoms with Crippen LogP contribution in [0.25, 0.3) is 17.0 Å². The third kappa shape index (κ3) is 4.97. The number of nitrogens with one attached hydrogen (secondary N) is 1. The number of benzene rings is 2. The zero-order chi connectivity index (χ0) is 24.2. The number of urea groups is 1. The van der Waals surface area contributed by atoms with E-state index in [-0.39, 0.29) is 12.1 Å². The van der Waals surface area contributed by atoms with Crippen LogP contribution in [0.15, 0.2) is 63.6 Å². The summed E-state index contributed by atoms with van der Waals surface area (Å²) in [5.74, 6) is 1.99. The fourth-order valence-electron chi connectivity index (χ4n) is 4.01. The lowest BCUT2D eigenvalue weighted by Gasteiger charge is -2.36. The van der Waals surface area contributed by atoms with E-state index in [0.29, 0.717) is 30.8 Å². The van der Waals surface area contributed by atoms with Crippen molar-refractivity contribution in [2.45, 2.75) is 38.6 Å². The summed E-state index contributed by atoms with van der Waals surface area (Å²) in [4.78, 5) is 20.7. The molecule has 1 unspecified atom stereocenters. The molecule has 0 radical (unpaired) electrons. The van der Waals surface area contributed by atoms with Crippen LogP contribution in [0, 0.1) is 5.92 Å². The quantitative estimate of drug-likeness (QED) is 0.399. The molecule has 0 fully saturated rings. The Kier molecular flexibility index (Phi) is 7.26. The van der Waals surface area contributed by atoms with Crippen LogP contribution < -0.4 is 10.1 Å². The topological polar surface area (TPSA) is 80.5 Å². The van der Waals surface area contributed by atoms with Gasteiger partial charge in [-0.1, -0.05) is 31.1 Å². The standard InChI is InChI=1S/C26H30N4O3S/c1-6-32-20-11-7-19(8-12-20)24-28-25(33-29-24)22-17(4)30(15-16(2)3)26(31)27-23(22)18-9-13-21(34-5)14-10-18/h7-14,16,23H,6,15H2,1-5H3,(H,27,31). The molecule has 8 heteroatoms. The van der Waals surface area contributed by atoms with Crippen molar-refractivity contribution >= 4 is 23.4 Å². The SMILES string of the molecule is CCOc1ccc(-c2noc(C3=C(C)N(CC(C)C)C(=O)NC3c3ccc(SC)cc3)n2)cc1. The molecule has 2 heterocycles. The summed E-state index contributed by atoms with van der Waals surface area (Å²) in [7, 11) is 0. The van der Waals surface area contributed by atoms with E-state index in [2.05, 4.69) is 36.5 Å². The molecule has 1 N–H and O–H groups in total. The molecule has 2 amide bonds. The van der Waals surface area contributed by atoms with Gasteiger partial charge in [0.05, 0.1) is 18.2 Å². The third-order valence-electron chi connectivity index (χ3n) is 5.67. The van der Waals surface area contributed by atoms with Gasteiger partial charge in [-0.25, -0.2) is 4.79 Å². The number of carbonyl (C=O) groups excluding carboxylic acids is 1. The van der Waals surface area contributed by atoms with Crippen molar-refractivity contribution in [3.05, 3.63) is 65.7 Å². The first kappa shape index (κ1) is 23.9. The Morgan fingerprint density at radius 2 is 1.85 bits per heavy atom. The second-order valence-electron chi connectivity index (χ2n) is 8.54. The number of allylic oxidation sites excluding steroid dienone is 1. The second kappa shape index (κ2) is 10.3. The third-order valence-corrected chi connectivity index (χ3v) is 6.42. The van der Waals surface area contributed by atoms with Gasteiger partial charge in [0.15, 0.2) is 0 Å². The van der Waals surface area contributed by atoms with Gasteiger partial charge in [-0.05, 0) is 68.0 Å². The van der Waals surface area contributed by atoms with E-state index in [4.69, 9.17) is 14.2 Å². The molecule has 3 aromatic rings. The Bertz CT molecular complexity index is 1170. The molecular formula is C26H30N4O3S. The van der Waals surface area contributed by atoms with E-state index in [1.165, 1.54) is 0 Å². The average Bonchev–Trinajstić information content (AvgIpc) is 3.32. The maximum atomic E-state index is 13.0. The Labute approximate surface area is 204 Å². The molecule has 1 atom stereocenters. The van der Waals surface area contributed by atoms with Crippen LogP contribution in [-0.4, -0.2) is 40.5 Å². The minimum absolute atomic E-state index is 0.125. The first-order valence-electron chi connectivity index (χ1n) is 11.4. The molecule has 0 saturated carbocycles. The van der Waals surface area contributed by atoms with E-state index in [0.717, 1.165) is 33.0 Å². The largest absolute Gasteiger partial charge is 0.494 e. The van der Waals surface area contributed by atoms with Crippen molar-refractivity contribution in [1.29, 1.82) is 0 Å². The van der Waals surface area contributed by atoms with Crippen LogP contribution in [0.2, 0.25) is 0 Å². The monoisotopic (exact) mass is 478 g/mol. The molecule has 0 spiro atoms. The smallest absolute Gasteiger partial charge is 0.322 e. The molecule has 0 bridgehead atoms. The van der Waals surface area contributed by atoms with Crippen LogP contribution >= 0.6 is 11.8 Å². The van der Waals surface area contributed by atoms with Crippen molar-refractivity contribution in [2.75, 3.05) is 19.4 Å². The number of aromatic nitrogens is 2. The highest BCUT2D eigenvalue weighted by Crippen LogP contribution is 2.38. The lowest BCUT2D eigenvalue weighted by molar-refractivity contribution is 0.199. The molecule has 1 aliphatic rings. The summed E-state index contributed by atoms with van der Waals surface area (Å²) >= 11 is 1.68. The Morgan fingerprint density at radius 3 is 2.47 bits per heavy atom. The predicted octanol–water partition coefficient (Wildman–Crippen LogP) is 6.01. The van der Waals surface area contributed by atoms with Crippen molar-refractivity contribution in [3.8, 4) is 17.1 Å². The number of carbonyl (C=O) groups is 1. The Balaban J connectivity index is 1.75.